The lowest BCUT2D eigenvalue weighted by Gasteiger charge is -2.36. The number of hydrogen-bond acceptors (Lipinski definition) is 4. The van der Waals surface area contributed by atoms with Crippen LogP contribution in [0.15, 0.2) is 0 Å². The molecule has 0 radical (unpaired) electrons. The van der Waals surface area contributed by atoms with Gasteiger partial charge in [0.2, 0.25) is 0 Å². The van der Waals surface area contributed by atoms with Crippen LogP contribution < -0.4 is 5.48 Å². The van der Waals surface area contributed by atoms with Crippen LogP contribution in [0.1, 0.15) is 41.5 Å². The number of nitrogens with one attached hydrogen (secondary N) is 1. The van der Waals surface area contributed by atoms with E-state index in [9.17, 15) is 4.79 Å². The molecule has 0 aromatic heterocycles. The summed E-state index contributed by atoms with van der Waals surface area (Å²) in [6, 6.07) is 0. The van der Waals surface area contributed by atoms with Crippen molar-refractivity contribution in [2.45, 2.75) is 52.7 Å². The zero-order valence-corrected chi connectivity index (χ0v) is 12.1. The molecule has 0 spiro atoms. The van der Waals surface area contributed by atoms with E-state index in [1.807, 2.05) is 41.5 Å². The number of ether oxygens (including phenoxy) is 1. The lowest BCUT2D eigenvalue weighted by atomic mass is 10.1. The van der Waals surface area contributed by atoms with Crippen LogP contribution in [0.5, 0.6) is 0 Å². The van der Waals surface area contributed by atoms with Crippen LogP contribution in [0.4, 0.5) is 4.79 Å². The first-order valence-corrected chi connectivity index (χ1v) is 5.84. The predicted octanol–water partition coefficient (Wildman–Crippen LogP) is 2.17. The maximum absolute atomic E-state index is 12.0. The second kappa shape index (κ2) is 6.21. The van der Waals surface area contributed by atoms with Crippen molar-refractivity contribution in [3.63, 3.8) is 0 Å². The van der Waals surface area contributed by atoms with Gasteiger partial charge in [-0.25, -0.2) is 10.3 Å². The standard InChI is InChI=1S/C12H26N2O3/c1-11(2,3)14(9-8-13-16-7)10(15)17-12(4,5)6/h13H,8-9H2,1-7H3. The van der Waals surface area contributed by atoms with Gasteiger partial charge in [0.15, 0.2) is 0 Å². The molecule has 0 aliphatic heterocycles. The summed E-state index contributed by atoms with van der Waals surface area (Å²) in [6.07, 6.45) is -0.303. The summed E-state index contributed by atoms with van der Waals surface area (Å²) in [5.74, 6) is 0. The molecular weight excluding hydrogens is 220 g/mol. The molecule has 1 amide bonds. The van der Waals surface area contributed by atoms with Gasteiger partial charge in [0.1, 0.15) is 5.60 Å². The van der Waals surface area contributed by atoms with E-state index in [0.717, 1.165) is 0 Å². The molecule has 0 rings (SSSR count). The minimum absolute atomic E-state index is 0.280. The second-order valence-corrected chi connectivity index (χ2v) is 5.90. The monoisotopic (exact) mass is 246 g/mol. The van der Waals surface area contributed by atoms with Gasteiger partial charge in [0.05, 0.1) is 7.11 Å². The lowest BCUT2D eigenvalue weighted by molar-refractivity contribution is 0.00158. The van der Waals surface area contributed by atoms with E-state index in [-0.39, 0.29) is 11.6 Å². The Morgan fingerprint density at radius 2 is 1.71 bits per heavy atom. The molecule has 0 saturated carbocycles. The number of amides is 1. The Kier molecular flexibility index (Phi) is 5.92. The molecule has 0 fully saturated rings. The van der Waals surface area contributed by atoms with Crippen molar-refractivity contribution >= 4 is 6.09 Å². The van der Waals surface area contributed by atoms with Gasteiger partial charge in [-0.3, -0.25) is 0 Å². The van der Waals surface area contributed by atoms with Gasteiger partial charge in [-0.15, -0.1) is 0 Å². The van der Waals surface area contributed by atoms with Crippen LogP contribution >= 0.6 is 0 Å². The molecule has 102 valence electrons. The van der Waals surface area contributed by atoms with E-state index in [2.05, 4.69) is 5.48 Å². The molecule has 0 aliphatic rings. The minimum atomic E-state index is -0.477. The Labute approximate surface area is 104 Å². The highest BCUT2D eigenvalue weighted by molar-refractivity contribution is 5.69. The van der Waals surface area contributed by atoms with Gasteiger partial charge in [-0.2, -0.15) is 0 Å². The Balaban J connectivity index is 4.53. The van der Waals surface area contributed by atoms with Gasteiger partial charge in [0.25, 0.3) is 0 Å². The molecular formula is C12H26N2O3. The fraction of sp³-hybridized carbons (Fsp3) is 0.917. The topological polar surface area (TPSA) is 50.8 Å². The molecule has 0 unspecified atom stereocenters. The zero-order valence-electron chi connectivity index (χ0n) is 12.1. The summed E-state index contributed by atoms with van der Waals surface area (Å²) in [7, 11) is 1.55. The van der Waals surface area contributed by atoms with E-state index in [4.69, 9.17) is 9.57 Å². The fourth-order valence-electron chi connectivity index (χ4n) is 1.28. The number of rotatable bonds is 4. The lowest BCUT2D eigenvalue weighted by Crippen LogP contribution is -2.50. The first-order valence-electron chi connectivity index (χ1n) is 5.84. The molecule has 5 heteroatoms. The predicted molar refractivity (Wildman–Crippen MR) is 67.7 cm³/mol. The molecule has 5 nitrogen and oxygen atoms in total. The first-order chi connectivity index (χ1) is 7.58. The van der Waals surface area contributed by atoms with Crippen molar-refractivity contribution in [1.29, 1.82) is 0 Å². The largest absolute Gasteiger partial charge is 0.444 e. The van der Waals surface area contributed by atoms with Crippen LogP contribution in [-0.2, 0) is 9.57 Å². The van der Waals surface area contributed by atoms with Crippen molar-refractivity contribution < 1.29 is 14.4 Å². The molecule has 1 N–H and O–H groups in total. The third kappa shape index (κ3) is 7.18. The third-order valence-corrected chi connectivity index (χ3v) is 2.01. The van der Waals surface area contributed by atoms with Crippen LogP contribution in [0.3, 0.4) is 0 Å². The van der Waals surface area contributed by atoms with Gasteiger partial charge < -0.3 is 14.5 Å². The number of nitrogens with zero attached hydrogens (tertiary/aromatic N) is 1. The van der Waals surface area contributed by atoms with Crippen molar-refractivity contribution in [2.75, 3.05) is 20.2 Å². The SMILES string of the molecule is CONCCN(C(=O)OC(C)(C)C)C(C)(C)C. The molecule has 0 aromatic rings. The van der Waals surface area contributed by atoms with Crippen molar-refractivity contribution in [3.05, 3.63) is 0 Å². The highest BCUT2D eigenvalue weighted by Gasteiger charge is 2.30. The molecule has 17 heavy (non-hydrogen) atoms. The van der Waals surface area contributed by atoms with E-state index >= 15 is 0 Å². The maximum atomic E-state index is 12.0. The highest BCUT2D eigenvalue weighted by Crippen LogP contribution is 2.17. The number of carbonyl (C=O) groups excluding carboxylic acids is 1. The van der Waals surface area contributed by atoms with E-state index in [1.165, 1.54) is 0 Å². The summed E-state index contributed by atoms with van der Waals surface area (Å²) in [5, 5.41) is 0. The van der Waals surface area contributed by atoms with Gasteiger partial charge >= 0.3 is 6.09 Å². The van der Waals surface area contributed by atoms with Crippen LogP contribution in [-0.4, -0.2) is 42.3 Å². The molecule has 0 bridgehead atoms. The molecule has 0 atom stereocenters. The molecule has 0 heterocycles. The molecule has 0 saturated heterocycles. The molecule has 0 aromatic carbocycles. The average molecular weight is 246 g/mol. The third-order valence-electron chi connectivity index (χ3n) is 2.01. The Morgan fingerprint density at radius 1 is 1.18 bits per heavy atom. The van der Waals surface area contributed by atoms with Crippen molar-refractivity contribution in [3.8, 4) is 0 Å². The van der Waals surface area contributed by atoms with Crippen LogP contribution in [0.2, 0.25) is 0 Å². The quantitative estimate of drug-likeness (QED) is 0.610. The number of hydroxylamine groups is 1. The van der Waals surface area contributed by atoms with Crippen LogP contribution in [0.25, 0.3) is 0 Å². The van der Waals surface area contributed by atoms with Gasteiger partial charge in [0, 0.05) is 18.6 Å². The summed E-state index contributed by atoms with van der Waals surface area (Å²) in [6.45, 7) is 12.6. The highest BCUT2D eigenvalue weighted by atomic mass is 16.6. The number of carbonyl (C=O) groups is 1. The van der Waals surface area contributed by atoms with Crippen LogP contribution in [0, 0.1) is 0 Å². The van der Waals surface area contributed by atoms with Crippen molar-refractivity contribution in [1.82, 2.24) is 10.4 Å². The van der Waals surface area contributed by atoms with E-state index < -0.39 is 5.60 Å². The van der Waals surface area contributed by atoms with Gasteiger partial charge in [-0.1, -0.05) is 0 Å². The van der Waals surface area contributed by atoms with E-state index in [0.29, 0.717) is 13.1 Å². The second-order valence-electron chi connectivity index (χ2n) is 5.90. The normalized spacial score (nSPS) is 12.4. The maximum Gasteiger partial charge on any atom is 0.410 e. The summed E-state index contributed by atoms with van der Waals surface area (Å²) < 4.78 is 5.38. The number of hydrogen-bond donors (Lipinski definition) is 1. The first kappa shape index (κ1) is 16.2. The fourth-order valence-corrected chi connectivity index (χ4v) is 1.28. The summed E-state index contributed by atoms with van der Waals surface area (Å²) in [5.41, 5.74) is 1.96. The van der Waals surface area contributed by atoms with Gasteiger partial charge in [-0.05, 0) is 41.5 Å². The van der Waals surface area contributed by atoms with E-state index in [1.54, 1.807) is 12.0 Å². The minimum Gasteiger partial charge on any atom is -0.444 e. The molecule has 0 aliphatic carbocycles. The van der Waals surface area contributed by atoms with Crippen molar-refractivity contribution in [2.24, 2.45) is 0 Å². The Morgan fingerprint density at radius 3 is 2.06 bits per heavy atom. The Bertz CT molecular complexity index is 241. The smallest absolute Gasteiger partial charge is 0.410 e. The average Bonchev–Trinajstić information content (AvgIpc) is 2.06. The zero-order chi connectivity index (χ0) is 13.7. The Hall–Kier alpha value is -0.810. The summed E-state index contributed by atoms with van der Waals surface area (Å²) >= 11 is 0. The summed E-state index contributed by atoms with van der Waals surface area (Å²) in [4.78, 5) is 18.5.